The second kappa shape index (κ2) is 5.21. The van der Waals surface area contributed by atoms with Crippen molar-refractivity contribution in [3.8, 4) is 12.3 Å². The summed E-state index contributed by atoms with van der Waals surface area (Å²) in [6.45, 7) is 2.31. The van der Waals surface area contributed by atoms with Crippen LogP contribution >= 0.6 is 0 Å². The molecule has 0 bridgehead atoms. The highest BCUT2D eigenvalue weighted by Crippen LogP contribution is 2.66. The third-order valence-electron chi connectivity index (χ3n) is 8.05. The number of allylic oxidation sites excluding steroid dienone is 1. The number of hydrogen-bond donors (Lipinski definition) is 1. The summed E-state index contributed by atoms with van der Waals surface area (Å²) in [5.41, 5.74) is 1.56. The minimum Gasteiger partial charge on any atom is -0.393 e. The molecule has 124 valence electrons. The molecule has 4 aliphatic rings. The lowest BCUT2D eigenvalue weighted by molar-refractivity contribution is -0.118. The fourth-order valence-electron chi connectivity index (χ4n) is 6.85. The smallest absolute Gasteiger partial charge is 0.155 e. The summed E-state index contributed by atoms with van der Waals surface area (Å²) in [5, 5.41) is 10.5. The zero-order valence-electron chi connectivity index (χ0n) is 14.2. The number of rotatable bonds is 1. The van der Waals surface area contributed by atoms with E-state index in [2.05, 4.69) is 12.8 Å². The first-order valence-electron chi connectivity index (χ1n) is 9.37. The molecule has 6 atom stereocenters. The number of aliphatic hydroxyl groups is 1. The molecule has 3 saturated carbocycles. The number of hydrogen-bond acceptors (Lipinski definition) is 2. The van der Waals surface area contributed by atoms with Crippen LogP contribution in [0.3, 0.4) is 0 Å². The topological polar surface area (TPSA) is 37.3 Å². The molecule has 1 N–H and O–H groups in total. The third kappa shape index (κ3) is 2.02. The normalized spacial score (nSPS) is 48.7. The van der Waals surface area contributed by atoms with Gasteiger partial charge in [-0.1, -0.05) is 12.5 Å². The number of carbonyl (C=O) groups is 1. The zero-order valence-corrected chi connectivity index (χ0v) is 14.2. The first kappa shape index (κ1) is 15.5. The summed E-state index contributed by atoms with van der Waals surface area (Å²) in [7, 11) is 0. The number of ketones is 1. The molecule has 0 aliphatic heterocycles. The van der Waals surface area contributed by atoms with Crippen LogP contribution in [0.2, 0.25) is 0 Å². The summed E-state index contributed by atoms with van der Waals surface area (Å²) >= 11 is 0. The molecular weight excluding hydrogens is 284 g/mol. The van der Waals surface area contributed by atoms with Crippen LogP contribution in [0.4, 0.5) is 0 Å². The summed E-state index contributed by atoms with van der Waals surface area (Å²) in [6.07, 6.45) is 16.6. The van der Waals surface area contributed by atoms with Gasteiger partial charge in [-0.25, -0.2) is 0 Å². The molecular formula is C21H28O2. The van der Waals surface area contributed by atoms with Crippen molar-refractivity contribution in [2.24, 2.45) is 28.6 Å². The maximum Gasteiger partial charge on any atom is 0.155 e. The largest absolute Gasteiger partial charge is 0.393 e. The van der Waals surface area contributed by atoms with Gasteiger partial charge in [-0.15, -0.1) is 12.3 Å². The molecule has 3 fully saturated rings. The quantitative estimate of drug-likeness (QED) is 0.746. The van der Waals surface area contributed by atoms with Crippen molar-refractivity contribution >= 4 is 5.78 Å². The Morgan fingerprint density at radius 3 is 2.83 bits per heavy atom. The van der Waals surface area contributed by atoms with Crippen molar-refractivity contribution < 1.29 is 9.90 Å². The van der Waals surface area contributed by atoms with Gasteiger partial charge in [0.2, 0.25) is 0 Å². The van der Waals surface area contributed by atoms with Crippen LogP contribution in [0.15, 0.2) is 11.6 Å². The molecule has 4 aliphatic carbocycles. The molecule has 1 unspecified atom stereocenters. The Labute approximate surface area is 139 Å². The van der Waals surface area contributed by atoms with Crippen molar-refractivity contribution in [3.63, 3.8) is 0 Å². The molecule has 0 aromatic carbocycles. The Hall–Kier alpha value is -1.07. The second-order valence-corrected chi connectivity index (χ2v) is 8.73. The lowest BCUT2D eigenvalue weighted by atomic mass is 9.46. The van der Waals surface area contributed by atoms with Crippen LogP contribution in [-0.4, -0.2) is 17.0 Å². The molecule has 0 amide bonds. The summed E-state index contributed by atoms with van der Waals surface area (Å²) in [4.78, 5) is 11.9. The Balaban J connectivity index is 1.73. The van der Waals surface area contributed by atoms with Gasteiger partial charge in [0.05, 0.1) is 6.10 Å². The Bertz CT molecular complexity index is 597. The summed E-state index contributed by atoms with van der Waals surface area (Å²) in [6, 6.07) is 0. The summed E-state index contributed by atoms with van der Waals surface area (Å²) in [5.74, 6) is 5.19. The zero-order chi connectivity index (χ0) is 16.2. The van der Waals surface area contributed by atoms with E-state index in [-0.39, 0.29) is 16.9 Å². The molecule has 0 radical (unpaired) electrons. The molecule has 0 aromatic rings. The fourth-order valence-corrected chi connectivity index (χ4v) is 6.85. The fraction of sp³-hybridized carbons (Fsp3) is 0.762. The predicted molar refractivity (Wildman–Crippen MR) is 90.5 cm³/mol. The molecule has 2 heteroatoms. The first-order valence-corrected chi connectivity index (χ1v) is 9.37. The van der Waals surface area contributed by atoms with Gasteiger partial charge < -0.3 is 5.11 Å². The molecule has 0 aromatic heterocycles. The minimum absolute atomic E-state index is 0.0838. The Kier molecular flexibility index (Phi) is 3.50. The van der Waals surface area contributed by atoms with Crippen molar-refractivity contribution in [2.75, 3.05) is 0 Å². The van der Waals surface area contributed by atoms with E-state index < -0.39 is 0 Å². The second-order valence-electron chi connectivity index (χ2n) is 8.73. The van der Waals surface area contributed by atoms with Gasteiger partial charge in [-0.3, -0.25) is 4.79 Å². The van der Waals surface area contributed by atoms with E-state index in [1.165, 1.54) is 24.8 Å². The van der Waals surface area contributed by atoms with Crippen LogP contribution in [0.25, 0.3) is 0 Å². The average Bonchev–Trinajstić information content (AvgIpc) is 2.84. The predicted octanol–water partition coefficient (Wildman–Crippen LogP) is 3.88. The SMILES string of the molecule is C#CCC12CCC(=O)C=C1CC[C@@H]1[C@@H]2CC[C@]2(C)[C@@H](O)CC[C@@H]12. The van der Waals surface area contributed by atoms with Gasteiger partial charge in [0.1, 0.15) is 0 Å². The lowest BCUT2D eigenvalue weighted by Gasteiger charge is -2.58. The average molecular weight is 312 g/mol. The van der Waals surface area contributed by atoms with E-state index >= 15 is 0 Å². The maximum absolute atomic E-state index is 11.9. The highest BCUT2D eigenvalue weighted by Gasteiger charge is 2.59. The van der Waals surface area contributed by atoms with Crippen molar-refractivity contribution in [1.29, 1.82) is 0 Å². The van der Waals surface area contributed by atoms with Gasteiger partial charge in [-0.2, -0.15) is 0 Å². The van der Waals surface area contributed by atoms with Gasteiger partial charge >= 0.3 is 0 Å². The van der Waals surface area contributed by atoms with Crippen LogP contribution in [0, 0.1) is 40.9 Å². The molecule has 2 nitrogen and oxygen atoms in total. The van der Waals surface area contributed by atoms with E-state index in [1.54, 1.807) is 0 Å². The number of terminal acetylenes is 1. The van der Waals surface area contributed by atoms with Gasteiger partial charge in [0, 0.05) is 18.3 Å². The Morgan fingerprint density at radius 1 is 1.22 bits per heavy atom. The van der Waals surface area contributed by atoms with Crippen molar-refractivity contribution in [3.05, 3.63) is 11.6 Å². The monoisotopic (exact) mass is 312 g/mol. The van der Waals surface area contributed by atoms with E-state index in [4.69, 9.17) is 6.42 Å². The van der Waals surface area contributed by atoms with Crippen LogP contribution in [0.1, 0.15) is 64.7 Å². The number of fused-ring (bicyclic) bond motifs is 5. The molecule has 0 spiro atoms. The van der Waals surface area contributed by atoms with Crippen LogP contribution < -0.4 is 0 Å². The number of aliphatic hydroxyl groups excluding tert-OH is 1. The first-order chi connectivity index (χ1) is 11.0. The highest BCUT2D eigenvalue weighted by molar-refractivity contribution is 5.91. The van der Waals surface area contributed by atoms with Gasteiger partial charge in [0.25, 0.3) is 0 Å². The van der Waals surface area contributed by atoms with Crippen molar-refractivity contribution in [1.82, 2.24) is 0 Å². The maximum atomic E-state index is 11.9. The van der Waals surface area contributed by atoms with Gasteiger partial charge in [0.15, 0.2) is 5.78 Å². The Morgan fingerprint density at radius 2 is 2.04 bits per heavy atom. The van der Waals surface area contributed by atoms with E-state index in [0.29, 0.717) is 30.0 Å². The lowest BCUT2D eigenvalue weighted by Crippen LogP contribution is -2.52. The standard InChI is InChI=1S/C21H28O2/c1-3-10-21-12-8-15(22)13-14(21)4-5-16-17-6-7-19(23)20(17,2)11-9-18(16)21/h1,13,16-19,23H,4-12H2,2H3/t16-,17-,18-,19-,20-,21?/m0/s1. The molecule has 0 saturated heterocycles. The van der Waals surface area contributed by atoms with Crippen LogP contribution in [-0.2, 0) is 4.79 Å². The minimum atomic E-state index is -0.123. The van der Waals surface area contributed by atoms with E-state index in [9.17, 15) is 9.90 Å². The van der Waals surface area contributed by atoms with Crippen LogP contribution in [0.5, 0.6) is 0 Å². The van der Waals surface area contributed by atoms with E-state index in [1.807, 2.05) is 6.08 Å². The van der Waals surface area contributed by atoms with E-state index in [0.717, 1.165) is 32.1 Å². The molecule has 0 heterocycles. The molecule has 23 heavy (non-hydrogen) atoms. The molecule has 4 rings (SSSR count). The third-order valence-corrected chi connectivity index (χ3v) is 8.05. The summed E-state index contributed by atoms with van der Waals surface area (Å²) < 4.78 is 0. The highest BCUT2D eigenvalue weighted by atomic mass is 16.3. The number of carbonyl (C=O) groups excluding carboxylic acids is 1. The van der Waals surface area contributed by atoms with Gasteiger partial charge in [-0.05, 0) is 74.2 Å². The van der Waals surface area contributed by atoms with Crippen molar-refractivity contribution in [2.45, 2.75) is 70.8 Å².